The molecule has 8 nitrogen and oxygen atoms in total. The van der Waals surface area contributed by atoms with Crippen molar-refractivity contribution in [2.45, 2.75) is 37.3 Å². The molecule has 3 amide bonds. The molecule has 3 rings (SSSR count). The third-order valence-electron chi connectivity index (χ3n) is 4.19. The number of fused-ring (bicyclic) bond motifs is 3. The lowest BCUT2D eigenvalue weighted by molar-refractivity contribution is -0.117. The second-order valence-electron chi connectivity index (χ2n) is 5.90. The number of thiophene rings is 1. The predicted molar refractivity (Wildman–Crippen MR) is 98.7 cm³/mol. The number of carbonyl (C=O) groups excluding carboxylic acids is 2. The Bertz CT molecular complexity index is 905. The van der Waals surface area contributed by atoms with Gasteiger partial charge in [-0.25, -0.2) is 14.5 Å². The van der Waals surface area contributed by atoms with Crippen molar-refractivity contribution in [3.63, 3.8) is 0 Å². The largest absolute Gasteiger partial charge is 0.341 e. The lowest BCUT2D eigenvalue weighted by Crippen LogP contribution is -2.38. The summed E-state index contributed by atoms with van der Waals surface area (Å²) in [5, 5.41) is 5.32. The predicted octanol–water partition coefficient (Wildman–Crippen LogP) is 1.16. The second-order valence-corrected chi connectivity index (χ2v) is 7.92. The van der Waals surface area contributed by atoms with Crippen LogP contribution in [0, 0.1) is 0 Å². The number of nitrogen functional groups attached to an aromatic ring is 1. The SMILES string of the molecule is CNC(=O)NC(=O)CSc1nc2sc3c(c2c(=O)n1N)[C@H](C)CCC3. The van der Waals surface area contributed by atoms with Gasteiger partial charge in [0.1, 0.15) is 4.83 Å². The van der Waals surface area contributed by atoms with Crippen LogP contribution in [0.3, 0.4) is 0 Å². The number of urea groups is 1. The first-order valence-electron chi connectivity index (χ1n) is 7.90. The van der Waals surface area contributed by atoms with Crippen molar-refractivity contribution in [3.8, 4) is 0 Å². The molecule has 134 valence electrons. The Morgan fingerprint density at radius 1 is 1.48 bits per heavy atom. The van der Waals surface area contributed by atoms with E-state index >= 15 is 0 Å². The summed E-state index contributed by atoms with van der Waals surface area (Å²) >= 11 is 2.56. The smallest absolute Gasteiger partial charge is 0.321 e. The average Bonchev–Trinajstić information content (AvgIpc) is 2.96. The molecule has 0 radical (unpaired) electrons. The number of hydrogen-bond donors (Lipinski definition) is 3. The molecular formula is C15H19N5O3S2. The van der Waals surface area contributed by atoms with Gasteiger partial charge in [0.2, 0.25) is 5.91 Å². The first kappa shape index (κ1) is 17.7. The fraction of sp³-hybridized carbons (Fsp3) is 0.467. The number of hydrogen-bond acceptors (Lipinski definition) is 7. The standard InChI is InChI=1S/C15H19N5O3S2/c1-7-4-3-5-8-10(7)11-12(25-8)19-15(20(16)13(11)22)24-6-9(21)18-14(23)17-2/h7H,3-6,16H2,1-2H3,(H2,17,18,21,23)/t7-/m1/s1. The molecule has 0 saturated carbocycles. The van der Waals surface area contributed by atoms with Gasteiger partial charge in [0, 0.05) is 11.9 Å². The van der Waals surface area contributed by atoms with E-state index in [1.807, 2.05) is 0 Å². The van der Waals surface area contributed by atoms with E-state index in [-0.39, 0.29) is 16.5 Å². The average molecular weight is 381 g/mol. The number of aryl methyl sites for hydroxylation is 1. The second kappa shape index (κ2) is 7.04. The molecule has 1 aliphatic rings. The summed E-state index contributed by atoms with van der Waals surface area (Å²) in [7, 11) is 1.42. The Morgan fingerprint density at radius 3 is 2.96 bits per heavy atom. The third kappa shape index (κ3) is 3.36. The molecule has 0 aromatic carbocycles. The van der Waals surface area contributed by atoms with E-state index in [1.54, 1.807) is 0 Å². The van der Waals surface area contributed by atoms with E-state index in [4.69, 9.17) is 5.84 Å². The molecular weight excluding hydrogens is 362 g/mol. The lowest BCUT2D eigenvalue weighted by atomic mass is 9.88. The Kier molecular flexibility index (Phi) is 5.00. The van der Waals surface area contributed by atoms with E-state index in [0.29, 0.717) is 16.1 Å². The van der Waals surface area contributed by atoms with E-state index in [2.05, 4.69) is 22.5 Å². The fourth-order valence-corrected chi connectivity index (χ4v) is 5.08. The maximum absolute atomic E-state index is 12.7. The number of nitrogens with two attached hydrogens (primary N) is 1. The van der Waals surface area contributed by atoms with Gasteiger partial charge in [-0.15, -0.1) is 11.3 Å². The summed E-state index contributed by atoms with van der Waals surface area (Å²) in [5.41, 5.74) is 0.794. The van der Waals surface area contributed by atoms with Crippen LogP contribution in [0.1, 0.15) is 36.1 Å². The van der Waals surface area contributed by atoms with Gasteiger partial charge in [-0.3, -0.25) is 14.9 Å². The zero-order valence-electron chi connectivity index (χ0n) is 13.9. The number of nitrogens with one attached hydrogen (secondary N) is 2. The van der Waals surface area contributed by atoms with Crippen molar-refractivity contribution in [2.75, 3.05) is 18.6 Å². The van der Waals surface area contributed by atoms with Gasteiger partial charge >= 0.3 is 6.03 Å². The van der Waals surface area contributed by atoms with E-state index < -0.39 is 11.9 Å². The Hall–Kier alpha value is -2.07. The normalized spacial score (nSPS) is 16.5. The molecule has 0 saturated heterocycles. The monoisotopic (exact) mass is 381 g/mol. The molecule has 4 N–H and O–H groups in total. The summed E-state index contributed by atoms with van der Waals surface area (Å²) in [6, 6.07) is -0.584. The van der Waals surface area contributed by atoms with Crippen molar-refractivity contribution < 1.29 is 9.59 Å². The van der Waals surface area contributed by atoms with Crippen LogP contribution in [-0.4, -0.2) is 34.4 Å². The van der Waals surface area contributed by atoms with Gasteiger partial charge in [0.15, 0.2) is 5.16 Å². The first-order valence-corrected chi connectivity index (χ1v) is 9.70. The van der Waals surface area contributed by atoms with Gasteiger partial charge in [-0.2, -0.15) is 0 Å². The van der Waals surface area contributed by atoms with Crippen LogP contribution in [0.15, 0.2) is 9.95 Å². The van der Waals surface area contributed by atoms with Crippen LogP contribution in [0.25, 0.3) is 10.2 Å². The molecule has 0 unspecified atom stereocenters. The highest BCUT2D eigenvalue weighted by atomic mass is 32.2. The van der Waals surface area contributed by atoms with Crippen LogP contribution in [0.2, 0.25) is 0 Å². The van der Waals surface area contributed by atoms with Gasteiger partial charge < -0.3 is 11.2 Å². The van der Waals surface area contributed by atoms with Crippen molar-refractivity contribution >= 4 is 45.3 Å². The molecule has 2 heterocycles. The van der Waals surface area contributed by atoms with Crippen LogP contribution < -0.4 is 22.0 Å². The van der Waals surface area contributed by atoms with E-state index in [9.17, 15) is 14.4 Å². The van der Waals surface area contributed by atoms with E-state index in [0.717, 1.165) is 41.3 Å². The fourth-order valence-electron chi connectivity index (χ4n) is 2.99. The van der Waals surface area contributed by atoms with Crippen LogP contribution in [0.4, 0.5) is 4.79 Å². The molecule has 2 aromatic rings. The molecule has 0 aliphatic heterocycles. The minimum Gasteiger partial charge on any atom is -0.341 e. The number of imide groups is 1. The highest BCUT2D eigenvalue weighted by molar-refractivity contribution is 7.99. The lowest BCUT2D eigenvalue weighted by Gasteiger charge is -2.18. The Morgan fingerprint density at radius 2 is 2.24 bits per heavy atom. The maximum Gasteiger partial charge on any atom is 0.321 e. The molecule has 2 aromatic heterocycles. The topological polar surface area (TPSA) is 119 Å². The number of aromatic nitrogens is 2. The highest BCUT2D eigenvalue weighted by Crippen LogP contribution is 2.40. The minimum atomic E-state index is -0.584. The number of nitrogens with zero attached hydrogens (tertiary/aromatic N) is 2. The molecule has 1 aliphatic carbocycles. The third-order valence-corrected chi connectivity index (χ3v) is 6.30. The Balaban J connectivity index is 1.91. The summed E-state index contributed by atoms with van der Waals surface area (Å²) in [5.74, 6) is 5.68. The Labute approximate surface area is 152 Å². The highest BCUT2D eigenvalue weighted by Gasteiger charge is 2.26. The summed E-state index contributed by atoms with van der Waals surface area (Å²) in [6.07, 6.45) is 3.12. The number of amides is 3. The molecule has 0 fully saturated rings. The summed E-state index contributed by atoms with van der Waals surface area (Å²) < 4.78 is 0.995. The zero-order chi connectivity index (χ0) is 18.1. The molecule has 0 bridgehead atoms. The number of carbonyl (C=O) groups is 2. The van der Waals surface area contributed by atoms with Crippen molar-refractivity contribution in [2.24, 2.45) is 0 Å². The number of thioether (sulfide) groups is 1. The molecule has 1 atom stereocenters. The van der Waals surface area contributed by atoms with E-state index in [1.165, 1.54) is 23.3 Å². The van der Waals surface area contributed by atoms with Gasteiger partial charge in [0.05, 0.1) is 11.1 Å². The van der Waals surface area contributed by atoms with Crippen LogP contribution in [0.5, 0.6) is 0 Å². The van der Waals surface area contributed by atoms with Crippen molar-refractivity contribution in [1.82, 2.24) is 20.3 Å². The summed E-state index contributed by atoms with van der Waals surface area (Å²) in [4.78, 5) is 41.9. The van der Waals surface area contributed by atoms with Gasteiger partial charge in [-0.1, -0.05) is 18.7 Å². The van der Waals surface area contributed by atoms with Crippen LogP contribution in [-0.2, 0) is 11.2 Å². The van der Waals surface area contributed by atoms with Gasteiger partial charge in [0.25, 0.3) is 5.56 Å². The summed E-state index contributed by atoms with van der Waals surface area (Å²) in [6.45, 7) is 2.12. The number of rotatable bonds is 3. The minimum absolute atomic E-state index is 0.0654. The van der Waals surface area contributed by atoms with Crippen LogP contribution >= 0.6 is 23.1 Å². The molecule has 25 heavy (non-hydrogen) atoms. The van der Waals surface area contributed by atoms with Crippen molar-refractivity contribution in [1.29, 1.82) is 0 Å². The molecule has 0 spiro atoms. The zero-order valence-corrected chi connectivity index (χ0v) is 15.6. The maximum atomic E-state index is 12.7. The molecule has 10 heteroatoms. The quantitative estimate of drug-likeness (QED) is 0.417. The first-order chi connectivity index (χ1) is 11.9. The van der Waals surface area contributed by atoms with Crippen molar-refractivity contribution in [3.05, 3.63) is 20.8 Å². The van der Waals surface area contributed by atoms with Gasteiger partial charge in [-0.05, 0) is 30.7 Å².